The first-order valence-electron chi connectivity index (χ1n) is 7.71. The van der Waals surface area contributed by atoms with Crippen LogP contribution in [0.2, 0.25) is 0 Å². The molecule has 0 spiro atoms. The Kier molecular flexibility index (Phi) is 7.03. The molecule has 0 amide bonds. The molecular weight excluding hydrogens is 250 g/mol. The maximum absolute atomic E-state index is 6.04. The van der Waals surface area contributed by atoms with Crippen LogP contribution < -0.4 is 10.1 Å². The van der Waals surface area contributed by atoms with Crippen molar-refractivity contribution in [3.8, 4) is 5.75 Å². The third kappa shape index (κ3) is 4.22. The minimum Gasteiger partial charge on any atom is -0.494 e. The Morgan fingerprint density at radius 3 is 2.45 bits per heavy atom. The minimum absolute atomic E-state index is 0.165. The SMILES string of the molecule is CCNC(c1cccc(OCC)c1)C(C)(CC)OCC. The zero-order chi connectivity index (χ0) is 15.0. The Morgan fingerprint density at radius 1 is 1.15 bits per heavy atom. The van der Waals surface area contributed by atoms with Crippen LogP contribution in [0.4, 0.5) is 0 Å². The average Bonchev–Trinajstić information content (AvgIpc) is 2.45. The van der Waals surface area contributed by atoms with E-state index in [0.29, 0.717) is 6.61 Å². The van der Waals surface area contributed by atoms with Crippen LogP contribution in [0.1, 0.15) is 52.6 Å². The summed E-state index contributed by atoms with van der Waals surface area (Å²) >= 11 is 0. The summed E-state index contributed by atoms with van der Waals surface area (Å²) in [5.74, 6) is 0.919. The zero-order valence-electron chi connectivity index (χ0n) is 13.5. The molecule has 0 saturated heterocycles. The highest BCUT2D eigenvalue weighted by atomic mass is 16.5. The van der Waals surface area contributed by atoms with E-state index < -0.39 is 0 Å². The van der Waals surface area contributed by atoms with Crippen molar-refractivity contribution < 1.29 is 9.47 Å². The summed E-state index contributed by atoms with van der Waals surface area (Å²) in [6.45, 7) is 12.8. The second-order valence-corrected chi connectivity index (χ2v) is 5.10. The van der Waals surface area contributed by atoms with Crippen LogP contribution in [0.15, 0.2) is 24.3 Å². The lowest BCUT2D eigenvalue weighted by molar-refractivity contribution is -0.0560. The summed E-state index contributed by atoms with van der Waals surface area (Å²) < 4.78 is 11.7. The van der Waals surface area contributed by atoms with Crippen molar-refractivity contribution in [3.05, 3.63) is 29.8 Å². The van der Waals surface area contributed by atoms with Crippen LogP contribution in [-0.2, 0) is 4.74 Å². The molecule has 3 nitrogen and oxygen atoms in total. The van der Waals surface area contributed by atoms with E-state index in [1.807, 2.05) is 26.0 Å². The topological polar surface area (TPSA) is 30.5 Å². The van der Waals surface area contributed by atoms with Crippen molar-refractivity contribution in [2.75, 3.05) is 19.8 Å². The van der Waals surface area contributed by atoms with Crippen molar-refractivity contribution in [1.29, 1.82) is 0 Å². The fourth-order valence-corrected chi connectivity index (χ4v) is 2.56. The van der Waals surface area contributed by atoms with Crippen LogP contribution >= 0.6 is 0 Å². The largest absolute Gasteiger partial charge is 0.494 e. The quantitative estimate of drug-likeness (QED) is 0.742. The Hall–Kier alpha value is -1.06. The van der Waals surface area contributed by atoms with Gasteiger partial charge in [0, 0.05) is 6.61 Å². The van der Waals surface area contributed by atoms with E-state index in [0.717, 1.165) is 25.3 Å². The lowest BCUT2D eigenvalue weighted by atomic mass is 9.87. The van der Waals surface area contributed by atoms with Gasteiger partial charge in [0.25, 0.3) is 0 Å². The number of likely N-dealkylation sites (N-methyl/N-ethyl adjacent to an activating group) is 1. The van der Waals surface area contributed by atoms with E-state index in [1.165, 1.54) is 5.56 Å². The first-order chi connectivity index (χ1) is 9.61. The average molecular weight is 279 g/mol. The molecule has 0 aliphatic rings. The van der Waals surface area contributed by atoms with Crippen molar-refractivity contribution in [2.24, 2.45) is 0 Å². The van der Waals surface area contributed by atoms with E-state index in [2.05, 4.69) is 38.2 Å². The summed E-state index contributed by atoms with van der Waals surface area (Å²) in [5, 5.41) is 3.56. The van der Waals surface area contributed by atoms with Crippen LogP contribution in [0.25, 0.3) is 0 Å². The second kappa shape index (κ2) is 8.28. The highest BCUT2D eigenvalue weighted by Crippen LogP contribution is 2.33. The first kappa shape index (κ1) is 17.0. The number of hydrogen-bond acceptors (Lipinski definition) is 3. The molecule has 0 saturated carbocycles. The molecule has 0 bridgehead atoms. The Morgan fingerprint density at radius 2 is 1.90 bits per heavy atom. The predicted molar refractivity (Wildman–Crippen MR) is 84.4 cm³/mol. The van der Waals surface area contributed by atoms with Crippen LogP contribution in [0.5, 0.6) is 5.75 Å². The van der Waals surface area contributed by atoms with Crippen molar-refractivity contribution >= 4 is 0 Å². The molecule has 1 aromatic rings. The molecule has 3 heteroatoms. The third-order valence-electron chi connectivity index (χ3n) is 3.70. The molecular formula is C17H29NO2. The van der Waals surface area contributed by atoms with Crippen LogP contribution in [-0.4, -0.2) is 25.4 Å². The second-order valence-electron chi connectivity index (χ2n) is 5.10. The Bertz CT molecular complexity index is 394. The van der Waals surface area contributed by atoms with E-state index in [4.69, 9.17) is 9.47 Å². The molecule has 114 valence electrons. The lowest BCUT2D eigenvalue weighted by Crippen LogP contribution is -2.43. The Balaban J connectivity index is 3.08. The standard InChI is InChI=1S/C17H29NO2/c1-6-17(5,20-9-4)16(18-7-2)14-11-10-12-15(13-14)19-8-3/h10-13,16,18H,6-9H2,1-5H3. The summed E-state index contributed by atoms with van der Waals surface area (Å²) in [4.78, 5) is 0. The summed E-state index contributed by atoms with van der Waals surface area (Å²) in [6.07, 6.45) is 0.956. The summed E-state index contributed by atoms with van der Waals surface area (Å²) in [5.41, 5.74) is 1.01. The number of ether oxygens (including phenoxy) is 2. The predicted octanol–water partition coefficient (Wildman–Crippen LogP) is 3.94. The van der Waals surface area contributed by atoms with Gasteiger partial charge in [0.1, 0.15) is 5.75 Å². The highest BCUT2D eigenvalue weighted by Gasteiger charge is 2.34. The number of benzene rings is 1. The van der Waals surface area contributed by atoms with Gasteiger partial charge in [-0.2, -0.15) is 0 Å². The van der Waals surface area contributed by atoms with Gasteiger partial charge in [0.2, 0.25) is 0 Å². The van der Waals surface area contributed by atoms with Gasteiger partial charge in [-0.1, -0.05) is 26.0 Å². The van der Waals surface area contributed by atoms with Gasteiger partial charge in [-0.25, -0.2) is 0 Å². The molecule has 0 aliphatic heterocycles. The molecule has 0 aliphatic carbocycles. The molecule has 0 fully saturated rings. The van der Waals surface area contributed by atoms with E-state index in [1.54, 1.807) is 0 Å². The van der Waals surface area contributed by atoms with Crippen LogP contribution in [0.3, 0.4) is 0 Å². The van der Waals surface area contributed by atoms with Gasteiger partial charge in [-0.3, -0.25) is 0 Å². The molecule has 0 radical (unpaired) electrons. The fourth-order valence-electron chi connectivity index (χ4n) is 2.56. The van der Waals surface area contributed by atoms with Crippen LogP contribution in [0, 0.1) is 0 Å². The van der Waals surface area contributed by atoms with Gasteiger partial charge >= 0.3 is 0 Å². The number of rotatable bonds is 9. The van der Waals surface area contributed by atoms with Crippen molar-refractivity contribution in [2.45, 2.75) is 52.7 Å². The van der Waals surface area contributed by atoms with Crippen molar-refractivity contribution in [3.63, 3.8) is 0 Å². The molecule has 0 heterocycles. The molecule has 2 unspecified atom stereocenters. The van der Waals surface area contributed by atoms with Gasteiger partial charge in [-0.05, 0) is 51.4 Å². The first-order valence-corrected chi connectivity index (χ1v) is 7.71. The maximum atomic E-state index is 6.04. The van der Waals surface area contributed by atoms with Gasteiger partial charge in [0.15, 0.2) is 0 Å². The maximum Gasteiger partial charge on any atom is 0.119 e. The smallest absolute Gasteiger partial charge is 0.119 e. The van der Waals surface area contributed by atoms with E-state index >= 15 is 0 Å². The third-order valence-corrected chi connectivity index (χ3v) is 3.70. The normalized spacial score (nSPS) is 15.7. The molecule has 1 N–H and O–H groups in total. The van der Waals surface area contributed by atoms with E-state index in [-0.39, 0.29) is 11.6 Å². The fraction of sp³-hybridized carbons (Fsp3) is 0.647. The molecule has 2 atom stereocenters. The molecule has 1 aromatic carbocycles. The molecule has 1 rings (SSSR count). The number of nitrogens with one attached hydrogen (secondary N) is 1. The molecule has 0 aromatic heterocycles. The monoisotopic (exact) mass is 279 g/mol. The summed E-state index contributed by atoms with van der Waals surface area (Å²) in [7, 11) is 0. The summed E-state index contributed by atoms with van der Waals surface area (Å²) in [6, 6.07) is 8.47. The number of hydrogen-bond donors (Lipinski definition) is 1. The van der Waals surface area contributed by atoms with Gasteiger partial charge < -0.3 is 14.8 Å². The minimum atomic E-state index is -0.213. The van der Waals surface area contributed by atoms with Crippen molar-refractivity contribution in [1.82, 2.24) is 5.32 Å². The lowest BCUT2D eigenvalue weighted by Gasteiger charge is -2.37. The highest BCUT2D eigenvalue weighted by molar-refractivity contribution is 5.32. The molecule has 20 heavy (non-hydrogen) atoms. The van der Waals surface area contributed by atoms with Gasteiger partial charge in [-0.15, -0.1) is 0 Å². The zero-order valence-corrected chi connectivity index (χ0v) is 13.5. The van der Waals surface area contributed by atoms with E-state index in [9.17, 15) is 0 Å². The Labute approximate surface area is 123 Å². The van der Waals surface area contributed by atoms with Gasteiger partial charge in [0.05, 0.1) is 18.2 Å².